The van der Waals surface area contributed by atoms with E-state index in [0.717, 1.165) is 16.9 Å². The first-order valence-electron chi connectivity index (χ1n) is 8.36. The average molecular weight is 344 g/mol. The minimum absolute atomic E-state index is 0.0257. The summed E-state index contributed by atoms with van der Waals surface area (Å²) < 4.78 is 18.4. The van der Waals surface area contributed by atoms with Crippen molar-refractivity contribution < 1.29 is 13.9 Å². The highest BCUT2D eigenvalue weighted by atomic mass is 19.1. The molecule has 2 aromatic rings. The standard InChI is InChI=1S/C20H25FN2O2/c1-4-25-19-11-7-16(8-12-19)13-22(2)15-20(24)23(3)14-17-5-9-18(21)10-6-17/h5-12H,4,13-15H2,1-3H3. The summed E-state index contributed by atoms with van der Waals surface area (Å²) in [5, 5.41) is 0. The van der Waals surface area contributed by atoms with Crippen LogP contribution in [0.15, 0.2) is 48.5 Å². The summed E-state index contributed by atoms with van der Waals surface area (Å²) in [5.41, 5.74) is 2.03. The molecule has 0 saturated carbocycles. The first kappa shape index (κ1) is 18.9. The van der Waals surface area contributed by atoms with Crippen LogP contribution in [0.5, 0.6) is 5.75 Å². The number of ether oxygens (including phenoxy) is 1. The third-order valence-corrected chi connectivity index (χ3v) is 3.85. The van der Waals surface area contributed by atoms with E-state index < -0.39 is 0 Å². The van der Waals surface area contributed by atoms with E-state index in [1.807, 2.05) is 43.1 Å². The highest BCUT2D eigenvalue weighted by Gasteiger charge is 2.12. The van der Waals surface area contributed by atoms with Gasteiger partial charge in [0.15, 0.2) is 0 Å². The molecule has 0 heterocycles. The molecule has 1 amide bonds. The van der Waals surface area contributed by atoms with Gasteiger partial charge in [0.05, 0.1) is 13.2 Å². The van der Waals surface area contributed by atoms with Crippen molar-refractivity contribution in [1.29, 1.82) is 0 Å². The number of carbonyl (C=O) groups is 1. The number of carbonyl (C=O) groups excluding carboxylic acids is 1. The molecule has 2 aromatic carbocycles. The lowest BCUT2D eigenvalue weighted by Crippen LogP contribution is -2.36. The van der Waals surface area contributed by atoms with Crippen molar-refractivity contribution in [1.82, 2.24) is 9.80 Å². The molecule has 0 aliphatic carbocycles. The van der Waals surface area contributed by atoms with E-state index in [4.69, 9.17) is 4.74 Å². The van der Waals surface area contributed by atoms with Crippen LogP contribution in [0.25, 0.3) is 0 Å². The van der Waals surface area contributed by atoms with Crippen molar-refractivity contribution in [2.45, 2.75) is 20.0 Å². The van der Waals surface area contributed by atoms with Gasteiger partial charge >= 0.3 is 0 Å². The Hall–Kier alpha value is -2.40. The van der Waals surface area contributed by atoms with E-state index in [1.165, 1.54) is 12.1 Å². The number of nitrogens with zero attached hydrogens (tertiary/aromatic N) is 2. The van der Waals surface area contributed by atoms with Gasteiger partial charge in [0.25, 0.3) is 0 Å². The monoisotopic (exact) mass is 344 g/mol. The predicted octanol–water partition coefficient (Wildman–Crippen LogP) is 3.31. The summed E-state index contributed by atoms with van der Waals surface area (Å²) in [6.45, 7) is 4.08. The van der Waals surface area contributed by atoms with Gasteiger partial charge in [-0.25, -0.2) is 4.39 Å². The van der Waals surface area contributed by atoms with Crippen molar-refractivity contribution in [2.75, 3.05) is 27.2 Å². The molecule has 0 aliphatic heterocycles. The summed E-state index contributed by atoms with van der Waals surface area (Å²) in [5.74, 6) is 0.606. The van der Waals surface area contributed by atoms with Crippen LogP contribution < -0.4 is 4.74 Å². The number of hydrogen-bond donors (Lipinski definition) is 0. The minimum atomic E-state index is -0.271. The molecule has 0 N–H and O–H groups in total. The second-order valence-corrected chi connectivity index (χ2v) is 6.13. The average Bonchev–Trinajstić information content (AvgIpc) is 2.58. The molecular weight excluding hydrogens is 319 g/mol. The second kappa shape index (κ2) is 9.18. The fourth-order valence-electron chi connectivity index (χ4n) is 2.53. The SMILES string of the molecule is CCOc1ccc(CN(C)CC(=O)N(C)Cc2ccc(F)cc2)cc1. The van der Waals surface area contributed by atoms with E-state index in [1.54, 1.807) is 24.1 Å². The molecule has 0 atom stereocenters. The molecule has 0 radical (unpaired) electrons. The lowest BCUT2D eigenvalue weighted by Gasteiger charge is -2.22. The van der Waals surface area contributed by atoms with E-state index in [-0.39, 0.29) is 11.7 Å². The van der Waals surface area contributed by atoms with Gasteiger partial charge < -0.3 is 9.64 Å². The first-order valence-corrected chi connectivity index (χ1v) is 8.36. The van der Waals surface area contributed by atoms with Crippen molar-refractivity contribution in [3.8, 4) is 5.75 Å². The molecule has 0 aromatic heterocycles. The Bertz CT molecular complexity index is 671. The predicted molar refractivity (Wildman–Crippen MR) is 96.8 cm³/mol. The van der Waals surface area contributed by atoms with Crippen LogP contribution in [0.1, 0.15) is 18.1 Å². The van der Waals surface area contributed by atoms with E-state index in [0.29, 0.717) is 26.2 Å². The molecule has 0 saturated heterocycles. The molecule has 0 spiro atoms. The minimum Gasteiger partial charge on any atom is -0.494 e. The van der Waals surface area contributed by atoms with Crippen molar-refractivity contribution in [2.24, 2.45) is 0 Å². The highest BCUT2D eigenvalue weighted by molar-refractivity contribution is 5.77. The van der Waals surface area contributed by atoms with Crippen LogP contribution in [-0.2, 0) is 17.9 Å². The summed E-state index contributed by atoms with van der Waals surface area (Å²) in [7, 11) is 3.68. The number of likely N-dealkylation sites (N-methyl/N-ethyl adjacent to an activating group) is 2. The van der Waals surface area contributed by atoms with Crippen molar-refractivity contribution in [3.63, 3.8) is 0 Å². The largest absolute Gasteiger partial charge is 0.494 e. The Morgan fingerprint density at radius 3 is 2.12 bits per heavy atom. The molecule has 134 valence electrons. The van der Waals surface area contributed by atoms with Crippen LogP contribution in [0.3, 0.4) is 0 Å². The summed E-state index contributed by atoms with van der Waals surface area (Å²) >= 11 is 0. The second-order valence-electron chi connectivity index (χ2n) is 6.13. The zero-order valence-electron chi connectivity index (χ0n) is 15.0. The number of benzene rings is 2. The van der Waals surface area contributed by atoms with Crippen molar-refractivity contribution in [3.05, 3.63) is 65.5 Å². The maximum Gasteiger partial charge on any atom is 0.236 e. The topological polar surface area (TPSA) is 32.8 Å². The Kier molecular flexibility index (Phi) is 6.95. The van der Waals surface area contributed by atoms with Gasteiger partial charge in [0.2, 0.25) is 5.91 Å². The Balaban J connectivity index is 1.83. The maximum atomic E-state index is 12.9. The zero-order valence-corrected chi connectivity index (χ0v) is 15.0. The number of halogens is 1. The lowest BCUT2D eigenvalue weighted by molar-refractivity contribution is -0.131. The third kappa shape index (κ3) is 6.19. The highest BCUT2D eigenvalue weighted by Crippen LogP contribution is 2.13. The normalized spacial score (nSPS) is 10.8. The summed E-state index contributed by atoms with van der Waals surface area (Å²) in [6, 6.07) is 14.1. The maximum absolute atomic E-state index is 12.9. The van der Waals surface area contributed by atoms with Crippen LogP contribution in [0, 0.1) is 5.82 Å². The van der Waals surface area contributed by atoms with Gasteiger partial charge in [0, 0.05) is 20.1 Å². The first-order chi connectivity index (χ1) is 12.0. The number of amides is 1. The lowest BCUT2D eigenvalue weighted by atomic mass is 10.2. The molecule has 0 aliphatic rings. The van der Waals surface area contributed by atoms with Crippen molar-refractivity contribution >= 4 is 5.91 Å². The molecule has 2 rings (SSSR count). The van der Waals surface area contributed by atoms with Crippen LogP contribution in [-0.4, -0.2) is 43.0 Å². The quantitative estimate of drug-likeness (QED) is 0.736. The summed E-state index contributed by atoms with van der Waals surface area (Å²) in [6.07, 6.45) is 0. The number of rotatable bonds is 8. The van der Waals surface area contributed by atoms with Crippen LogP contribution in [0.4, 0.5) is 4.39 Å². The molecular formula is C20H25FN2O2. The van der Waals surface area contributed by atoms with Gasteiger partial charge in [-0.3, -0.25) is 9.69 Å². The van der Waals surface area contributed by atoms with Crippen LogP contribution in [0.2, 0.25) is 0 Å². The van der Waals surface area contributed by atoms with Gasteiger partial charge in [-0.15, -0.1) is 0 Å². The molecule has 0 unspecified atom stereocenters. The van der Waals surface area contributed by atoms with Gasteiger partial charge in [-0.1, -0.05) is 24.3 Å². The fraction of sp³-hybridized carbons (Fsp3) is 0.350. The zero-order chi connectivity index (χ0) is 18.2. The Morgan fingerprint density at radius 2 is 1.52 bits per heavy atom. The van der Waals surface area contributed by atoms with E-state index in [2.05, 4.69) is 0 Å². The van der Waals surface area contributed by atoms with Gasteiger partial charge in [-0.05, 0) is 49.4 Å². The molecule has 0 bridgehead atoms. The van der Waals surface area contributed by atoms with E-state index >= 15 is 0 Å². The third-order valence-electron chi connectivity index (χ3n) is 3.85. The van der Waals surface area contributed by atoms with Crippen LogP contribution >= 0.6 is 0 Å². The number of hydrogen-bond acceptors (Lipinski definition) is 3. The summed E-state index contributed by atoms with van der Waals surface area (Å²) in [4.78, 5) is 16.0. The molecule has 0 fully saturated rings. The molecule has 25 heavy (non-hydrogen) atoms. The smallest absolute Gasteiger partial charge is 0.236 e. The fourth-order valence-corrected chi connectivity index (χ4v) is 2.53. The van der Waals surface area contributed by atoms with Gasteiger partial charge in [-0.2, -0.15) is 0 Å². The van der Waals surface area contributed by atoms with Gasteiger partial charge in [0.1, 0.15) is 11.6 Å². The Morgan fingerprint density at radius 1 is 0.960 bits per heavy atom. The van der Waals surface area contributed by atoms with E-state index in [9.17, 15) is 9.18 Å². The molecule has 5 heteroatoms. The Labute approximate surface area is 148 Å². The molecule has 4 nitrogen and oxygen atoms in total.